The van der Waals surface area contributed by atoms with Crippen LogP contribution in [0.25, 0.3) is 11.3 Å². The molecule has 4 nitrogen and oxygen atoms in total. The number of anilines is 2. The zero-order chi connectivity index (χ0) is 16.2. The van der Waals surface area contributed by atoms with E-state index in [-0.39, 0.29) is 6.03 Å². The third kappa shape index (κ3) is 3.76. The minimum atomic E-state index is -0.285. The highest BCUT2D eigenvalue weighted by Crippen LogP contribution is 2.25. The fourth-order valence-corrected chi connectivity index (χ4v) is 2.91. The lowest BCUT2D eigenvalue weighted by atomic mass is 10.1. The normalized spacial score (nSPS) is 10.3. The standard InChI is InChI=1S/C18H17N3OS/c1-12-8-9-13(2)15(10-12)19-17(22)21-18-20-16(11-23-18)14-6-4-3-5-7-14/h3-11H,1-2H3,(H2,19,20,21,22). The lowest BCUT2D eigenvalue weighted by molar-refractivity contribution is 0.262. The third-order valence-corrected chi connectivity index (χ3v) is 4.19. The molecule has 2 amide bonds. The SMILES string of the molecule is Cc1ccc(C)c(NC(=O)Nc2nc(-c3ccccc3)cs2)c1. The highest BCUT2D eigenvalue weighted by atomic mass is 32.1. The highest BCUT2D eigenvalue weighted by Gasteiger charge is 2.09. The Kier molecular flexibility index (Phi) is 4.39. The van der Waals surface area contributed by atoms with Crippen LogP contribution in [0.5, 0.6) is 0 Å². The molecular weight excluding hydrogens is 306 g/mol. The summed E-state index contributed by atoms with van der Waals surface area (Å²) in [6.07, 6.45) is 0. The molecule has 116 valence electrons. The molecule has 5 heteroatoms. The number of hydrogen-bond acceptors (Lipinski definition) is 3. The summed E-state index contributed by atoms with van der Waals surface area (Å²) in [6.45, 7) is 3.96. The Balaban J connectivity index is 1.69. The molecule has 0 unspecified atom stereocenters. The number of aryl methyl sites for hydroxylation is 2. The minimum absolute atomic E-state index is 0.285. The van der Waals surface area contributed by atoms with Gasteiger partial charge in [0, 0.05) is 16.6 Å². The van der Waals surface area contributed by atoms with Crippen molar-refractivity contribution in [3.05, 3.63) is 65.0 Å². The summed E-state index contributed by atoms with van der Waals surface area (Å²) in [5.41, 5.74) is 4.83. The first kappa shape index (κ1) is 15.2. The number of benzene rings is 2. The van der Waals surface area contributed by atoms with Crippen LogP contribution in [-0.2, 0) is 0 Å². The predicted octanol–water partition coefficient (Wildman–Crippen LogP) is 5.07. The first-order valence-corrected chi connectivity index (χ1v) is 8.16. The molecule has 0 saturated heterocycles. The number of urea groups is 1. The molecule has 0 aliphatic rings. The maximum absolute atomic E-state index is 12.1. The van der Waals surface area contributed by atoms with Crippen LogP contribution in [0.4, 0.5) is 15.6 Å². The first-order chi connectivity index (χ1) is 11.1. The second-order valence-electron chi connectivity index (χ2n) is 5.30. The Bertz CT molecular complexity index is 827. The smallest absolute Gasteiger partial charge is 0.307 e. The van der Waals surface area contributed by atoms with Crippen molar-refractivity contribution in [1.29, 1.82) is 0 Å². The van der Waals surface area contributed by atoms with Crippen LogP contribution in [0.1, 0.15) is 11.1 Å². The molecule has 1 heterocycles. The number of aromatic nitrogens is 1. The van der Waals surface area contributed by atoms with E-state index in [4.69, 9.17) is 0 Å². The molecule has 0 aliphatic carbocycles. The second kappa shape index (κ2) is 6.62. The lowest BCUT2D eigenvalue weighted by Gasteiger charge is -2.09. The van der Waals surface area contributed by atoms with E-state index in [9.17, 15) is 4.79 Å². The van der Waals surface area contributed by atoms with Crippen molar-refractivity contribution in [1.82, 2.24) is 4.98 Å². The van der Waals surface area contributed by atoms with Gasteiger partial charge in [0.15, 0.2) is 5.13 Å². The summed E-state index contributed by atoms with van der Waals surface area (Å²) in [6, 6.07) is 15.6. The van der Waals surface area contributed by atoms with Gasteiger partial charge in [-0.05, 0) is 31.0 Å². The molecule has 0 atom stereocenters. The molecule has 3 rings (SSSR count). The molecule has 23 heavy (non-hydrogen) atoms. The Morgan fingerprint density at radius 2 is 1.83 bits per heavy atom. The average molecular weight is 323 g/mol. The van der Waals surface area contributed by atoms with Crippen molar-refractivity contribution >= 4 is 28.2 Å². The summed E-state index contributed by atoms with van der Waals surface area (Å²) in [4.78, 5) is 16.6. The van der Waals surface area contributed by atoms with Gasteiger partial charge in [-0.15, -0.1) is 11.3 Å². The topological polar surface area (TPSA) is 54.0 Å². The number of hydrogen-bond donors (Lipinski definition) is 2. The summed E-state index contributed by atoms with van der Waals surface area (Å²) in [5, 5.41) is 8.16. The molecule has 3 aromatic rings. The lowest BCUT2D eigenvalue weighted by Crippen LogP contribution is -2.19. The van der Waals surface area contributed by atoms with Crippen molar-refractivity contribution in [3.63, 3.8) is 0 Å². The zero-order valence-electron chi connectivity index (χ0n) is 13.0. The number of rotatable bonds is 3. The molecule has 0 aliphatic heterocycles. The maximum atomic E-state index is 12.1. The fraction of sp³-hybridized carbons (Fsp3) is 0.111. The van der Waals surface area contributed by atoms with Crippen molar-refractivity contribution in [3.8, 4) is 11.3 Å². The first-order valence-electron chi connectivity index (χ1n) is 7.28. The maximum Gasteiger partial charge on any atom is 0.325 e. The number of carbonyl (C=O) groups excluding carboxylic acids is 1. The van der Waals surface area contributed by atoms with Crippen LogP contribution in [0.15, 0.2) is 53.9 Å². The molecular formula is C18H17N3OS. The van der Waals surface area contributed by atoms with E-state index >= 15 is 0 Å². The summed E-state index contributed by atoms with van der Waals surface area (Å²) < 4.78 is 0. The molecule has 0 spiro atoms. The van der Waals surface area contributed by atoms with Crippen molar-refractivity contribution in [2.75, 3.05) is 10.6 Å². The van der Waals surface area contributed by atoms with Crippen LogP contribution >= 0.6 is 11.3 Å². The molecule has 1 aromatic heterocycles. The number of amides is 2. The van der Waals surface area contributed by atoms with Crippen LogP contribution in [-0.4, -0.2) is 11.0 Å². The average Bonchev–Trinajstić information content (AvgIpc) is 3.00. The predicted molar refractivity (Wildman–Crippen MR) is 96.1 cm³/mol. The van der Waals surface area contributed by atoms with Crippen LogP contribution < -0.4 is 10.6 Å². The molecule has 2 N–H and O–H groups in total. The monoisotopic (exact) mass is 323 g/mol. The van der Waals surface area contributed by atoms with Gasteiger partial charge in [0.25, 0.3) is 0 Å². The van der Waals surface area contributed by atoms with Crippen LogP contribution in [0.3, 0.4) is 0 Å². The summed E-state index contributed by atoms with van der Waals surface area (Å²) in [5.74, 6) is 0. The van der Waals surface area contributed by atoms with Crippen LogP contribution in [0, 0.1) is 13.8 Å². The van der Waals surface area contributed by atoms with Gasteiger partial charge in [-0.3, -0.25) is 5.32 Å². The Labute approximate surface area is 139 Å². The third-order valence-electron chi connectivity index (χ3n) is 3.44. The van der Waals surface area contributed by atoms with E-state index in [0.29, 0.717) is 5.13 Å². The molecule has 2 aromatic carbocycles. The zero-order valence-corrected chi connectivity index (χ0v) is 13.8. The van der Waals surface area contributed by atoms with E-state index in [1.165, 1.54) is 11.3 Å². The summed E-state index contributed by atoms with van der Waals surface area (Å²) in [7, 11) is 0. The van der Waals surface area contributed by atoms with Gasteiger partial charge in [-0.1, -0.05) is 42.5 Å². The van der Waals surface area contributed by atoms with Crippen molar-refractivity contribution in [2.45, 2.75) is 13.8 Å². The van der Waals surface area contributed by atoms with Gasteiger partial charge in [0.2, 0.25) is 0 Å². The number of nitrogens with one attached hydrogen (secondary N) is 2. The van der Waals surface area contributed by atoms with E-state index in [2.05, 4.69) is 15.6 Å². The van der Waals surface area contributed by atoms with E-state index in [1.54, 1.807) is 0 Å². The second-order valence-corrected chi connectivity index (χ2v) is 6.16. The van der Waals surface area contributed by atoms with Gasteiger partial charge in [-0.2, -0.15) is 0 Å². The van der Waals surface area contributed by atoms with Gasteiger partial charge in [0.1, 0.15) is 0 Å². The quantitative estimate of drug-likeness (QED) is 0.707. The number of carbonyl (C=O) groups is 1. The van der Waals surface area contributed by atoms with Gasteiger partial charge in [-0.25, -0.2) is 9.78 Å². The molecule has 0 radical (unpaired) electrons. The van der Waals surface area contributed by atoms with Crippen molar-refractivity contribution < 1.29 is 4.79 Å². The number of thiazole rings is 1. The van der Waals surface area contributed by atoms with E-state index in [1.807, 2.05) is 67.8 Å². The summed E-state index contributed by atoms with van der Waals surface area (Å²) >= 11 is 1.41. The van der Waals surface area contributed by atoms with Gasteiger partial charge < -0.3 is 5.32 Å². The largest absolute Gasteiger partial charge is 0.325 e. The van der Waals surface area contributed by atoms with Crippen LogP contribution in [0.2, 0.25) is 0 Å². The van der Waals surface area contributed by atoms with Crippen molar-refractivity contribution in [2.24, 2.45) is 0 Å². The Morgan fingerprint density at radius 3 is 2.61 bits per heavy atom. The fourth-order valence-electron chi connectivity index (χ4n) is 2.19. The Morgan fingerprint density at radius 1 is 1.04 bits per heavy atom. The Hall–Kier alpha value is -2.66. The van der Waals surface area contributed by atoms with Gasteiger partial charge >= 0.3 is 6.03 Å². The molecule has 0 fully saturated rings. The molecule has 0 saturated carbocycles. The highest BCUT2D eigenvalue weighted by molar-refractivity contribution is 7.14. The van der Waals surface area contributed by atoms with Gasteiger partial charge in [0.05, 0.1) is 5.69 Å². The van der Waals surface area contributed by atoms with E-state index in [0.717, 1.165) is 28.1 Å². The minimum Gasteiger partial charge on any atom is -0.307 e. The van der Waals surface area contributed by atoms with E-state index < -0.39 is 0 Å². The molecule has 0 bridgehead atoms. The number of nitrogens with zero attached hydrogens (tertiary/aromatic N) is 1.